The van der Waals surface area contributed by atoms with Gasteiger partial charge in [-0.1, -0.05) is 121 Å². The summed E-state index contributed by atoms with van der Waals surface area (Å²) in [5.41, 5.74) is -3.97. The van der Waals surface area contributed by atoms with Gasteiger partial charge in [-0.3, -0.25) is 19.0 Å². The third kappa shape index (κ3) is 18.3. The number of hydrogen-bond acceptors (Lipinski definition) is 9. The highest BCUT2D eigenvalue weighted by Gasteiger charge is 2.48. The normalized spacial score (nSPS) is 12.0. The number of halogens is 5. The van der Waals surface area contributed by atoms with Gasteiger partial charge in [0.15, 0.2) is 6.04 Å². The first kappa shape index (κ1) is 48.9. The molecule has 9 nitrogen and oxygen atoms in total. The Labute approximate surface area is 337 Å². The number of aliphatic imine (C=N–C) groups is 2. The molecule has 0 saturated heterocycles. The Morgan fingerprint density at radius 1 is 0.603 bits per heavy atom. The summed E-state index contributed by atoms with van der Waals surface area (Å²) in [4.78, 5) is 32.9. The summed E-state index contributed by atoms with van der Waals surface area (Å²) in [6.45, 7) is 7.70. The van der Waals surface area contributed by atoms with Crippen molar-refractivity contribution in [3.8, 4) is 0 Å². The number of alkyl halides is 5. The molecule has 0 spiro atoms. The van der Waals surface area contributed by atoms with Gasteiger partial charge in [0.2, 0.25) is 0 Å². The van der Waals surface area contributed by atoms with E-state index in [1.54, 1.807) is 13.8 Å². The minimum atomic E-state index is -5.67. The van der Waals surface area contributed by atoms with Gasteiger partial charge in [-0.15, -0.1) is 0 Å². The van der Waals surface area contributed by atoms with E-state index >= 15 is 0 Å². The highest BCUT2D eigenvalue weighted by Crippen LogP contribution is 2.26. The molecule has 0 N–H and O–H groups in total. The Balaban J connectivity index is 0.000000316. The lowest BCUT2D eigenvalue weighted by molar-refractivity contribution is -0.145. The van der Waals surface area contributed by atoms with Crippen LogP contribution in [0.5, 0.6) is 0 Å². The maximum Gasteiger partial charge on any atom is 0.523 e. The van der Waals surface area contributed by atoms with Crippen LogP contribution in [0, 0.1) is 0 Å². The summed E-state index contributed by atoms with van der Waals surface area (Å²) in [5.74, 6) is -0.811. The smallest absolute Gasteiger partial charge is 0.465 e. The summed E-state index contributed by atoms with van der Waals surface area (Å²) in [5, 5.41) is 0. The van der Waals surface area contributed by atoms with Gasteiger partial charge in [-0.2, -0.15) is 21.6 Å². The number of carbonyl (C=O) groups is 2. The predicted octanol–water partition coefficient (Wildman–Crippen LogP) is 9.28. The first-order chi connectivity index (χ1) is 27.2. The molecule has 1 atom stereocenters. The molecule has 4 rings (SSSR count). The van der Waals surface area contributed by atoms with Crippen molar-refractivity contribution in [2.75, 3.05) is 26.4 Å². The average Bonchev–Trinajstić information content (AvgIpc) is 3.17. The molecule has 58 heavy (non-hydrogen) atoms. The molecule has 4 aromatic carbocycles. The van der Waals surface area contributed by atoms with E-state index in [9.17, 15) is 40.0 Å². The van der Waals surface area contributed by atoms with Crippen molar-refractivity contribution in [3.63, 3.8) is 0 Å². The van der Waals surface area contributed by atoms with Gasteiger partial charge in [0.1, 0.15) is 24.5 Å². The van der Waals surface area contributed by atoms with Gasteiger partial charge in [-0.05, 0) is 41.5 Å². The van der Waals surface area contributed by atoms with E-state index in [2.05, 4.69) is 14.2 Å². The van der Waals surface area contributed by atoms with Gasteiger partial charge in [0.25, 0.3) is 0 Å². The monoisotopic (exact) mass is 832 g/mol. The van der Waals surface area contributed by atoms with Gasteiger partial charge >= 0.3 is 27.6 Å². The van der Waals surface area contributed by atoms with Crippen molar-refractivity contribution < 1.29 is 53.6 Å². The highest BCUT2D eigenvalue weighted by molar-refractivity contribution is 7.87. The molecule has 0 aliphatic carbocycles. The van der Waals surface area contributed by atoms with E-state index in [4.69, 9.17) is 9.47 Å². The fourth-order valence-corrected chi connectivity index (χ4v) is 5.29. The lowest BCUT2D eigenvalue weighted by Crippen LogP contribution is -2.31. The second-order valence-electron chi connectivity index (χ2n) is 13.5. The Morgan fingerprint density at radius 2 is 0.983 bits per heavy atom. The van der Waals surface area contributed by atoms with Gasteiger partial charge in [0, 0.05) is 28.7 Å². The minimum absolute atomic E-state index is 0.0327. The third-order valence-corrected chi connectivity index (χ3v) is 8.22. The molecule has 0 saturated carbocycles. The lowest BCUT2D eigenvalue weighted by atomic mass is 9.98. The fraction of sp³-hybridized carbons (Fsp3) is 0.349. The molecule has 0 aliphatic heterocycles. The van der Waals surface area contributed by atoms with Crippen molar-refractivity contribution in [2.24, 2.45) is 9.98 Å². The first-order valence-corrected chi connectivity index (χ1v) is 19.6. The minimum Gasteiger partial charge on any atom is -0.465 e. The number of nitrogens with zero attached hydrogens (tertiary/aromatic N) is 2. The summed E-state index contributed by atoms with van der Waals surface area (Å²) in [6, 6.07) is 37.9. The van der Waals surface area contributed by atoms with Gasteiger partial charge in [0.05, 0.1) is 24.6 Å². The van der Waals surface area contributed by atoms with Crippen LogP contribution in [0.1, 0.15) is 70.2 Å². The highest BCUT2D eigenvalue weighted by atomic mass is 32.2. The second kappa shape index (κ2) is 23.2. The molecule has 314 valence electrons. The van der Waals surface area contributed by atoms with Crippen LogP contribution in [0.3, 0.4) is 0 Å². The first-order valence-electron chi connectivity index (χ1n) is 18.2. The topological polar surface area (TPSA) is 121 Å². The van der Waals surface area contributed by atoms with E-state index in [1.165, 1.54) is 13.8 Å². The van der Waals surface area contributed by atoms with Crippen LogP contribution >= 0.6 is 0 Å². The van der Waals surface area contributed by atoms with Crippen LogP contribution in [0.25, 0.3) is 0 Å². The van der Waals surface area contributed by atoms with Crippen molar-refractivity contribution in [1.29, 1.82) is 0 Å². The molecule has 0 bridgehead atoms. The number of carbonyl (C=O) groups excluding carboxylic acids is 2. The number of benzene rings is 4. The molecule has 0 radical (unpaired) electrons. The Bertz CT molecular complexity index is 1920. The lowest BCUT2D eigenvalue weighted by Gasteiger charge is -2.20. The van der Waals surface area contributed by atoms with E-state index in [0.717, 1.165) is 41.8 Å². The molecule has 4 aromatic rings. The third-order valence-electron chi connectivity index (χ3n) is 7.22. The number of hydrogen-bond donors (Lipinski definition) is 0. The van der Waals surface area contributed by atoms with Gasteiger partial charge < -0.3 is 9.47 Å². The quantitative estimate of drug-likeness (QED) is 0.0385. The summed E-state index contributed by atoms with van der Waals surface area (Å²) in [6.07, 6.45) is -0.0327. The standard InChI is InChI=1S/C21H24FNO2.C17H17NO2.C5H8F4O3S/c1-4-25-20(24)18(15-21(2,3)22)23-19(16-11-7-5-8-12-16)17-13-9-6-10-14-17;1-2-20-16(19)13-18-17(14-9-5-3-6-10-14)15-11-7-4-8-12-15;1-4(2,6)3-12-13(10,11)5(7,8)9/h5-14,18H,4,15H2,1-3H3;3-12H,2,13H2,1H3;3H2,1-2H3. The maximum atomic E-state index is 14.2. The van der Waals surface area contributed by atoms with E-state index < -0.39 is 45.6 Å². The number of ether oxygens (including phenoxy) is 2. The molecule has 0 fully saturated rings. The largest absolute Gasteiger partial charge is 0.523 e. The van der Waals surface area contributed by atoms with Crippen LogP contribution in [0.4, 0.5) is 22.0 Å². The Kier molecular flexibility index (Phi) is 19.6. The van der Waals surface area contributed by atoms with Crippen LogP contribution in [0.15, 0.2) is 131 Å². The molecule has 0 aliphatic rings. The zero-order chi connectivity index (χ0) is 43.4. The van der Waals surface area contributed by atoms with Gasteiger partial charge in [-0.25, -0.2) is 13.6 Å². The average molecular weight is 833 g/mol. The van der Waals surface area contributed by atoms with E-state index in [1.807, 2.05) is 121 Å². The summed E-state index contributed by atoms with van der Waals surface area (Å²) < 4.78 is 95.3. The maximum absolute atomic E-state index is 14.2. The number of rotatable bonds is 15. The fourth-order valence-electron chi connectivity index (χ4n) is 4.72. The van der Waals surface area contributed by atoms with Crippen molar-refractivity contribution in [3.05, 3.63) is 144 Å². The van der Waals surface area contributed by atoms with E-state index in [0.29, 0.717) is 12.3 Å². The summed E-state index contributed by atoms with van der Waals surface area (Å²) >= 11 is 0. The summed E-state index contributed by atoms with van der Waals surface area (Å²) in [7, 11) is -5.67. The molecule has 0 amide bonds. The molecule has 0 aromatic heterocycles. The zero-order valence-electron chi connectivity index (χ0n) is 33.2. The zero-order valence-corrected chi connectivity index (χ0v) is 34.0. The molecular weight excluding hydrogens is 784 g/mol. The van der Waals surface area contributed by atoms with E-state index in [-0.39, 0.29) is 25.5 Å². The van der Waals surface area contributed by atoms with Crippen LogP contribution in [-0.2, 0) is 33.4 Å². The van der Waals surface area contributed by atoms with Crippen LogP contribution in [-0.4, -0.2) is 81.0 Å². The van der Waals surface area contributed by atoms with Crippen molar-refractivity contribution >= 4 is 33.5 Å². The molecular formula is C43H49F5N2O7S. The van der Waals surface area contributed by atoms with Crippen LogP contribution < -0.4 is 0 Å². The van der Waals surface area contributed by atoms with Crippen molar-refractivity contribution in [2.45, 2.75) is 70.9 Å². The predicted molar refractivity (Wildman–Crippen MR) is 215 cm³/mol. The number of esters is 2. The van der Waals surface area contributed by atoms with Crippen LogP contribution in [0.2, 0.25) is 0 Å². The van der Waals surface area contributed by atoms with Crippen molar-refractivity contribution in [1.82, 2.24) is 0 Å². The Hall–Kier alpha value is -5.28. The molecule has 15 heteroatoms. The Morgan fingerprint density at radius 3 is 1.31 bits per heavy atom. The SMILES string of the molecule is CC(C)(F)COS(=O)(=O)C(F)(F)F.CCOC(=O)C(CC(C)(C)F)N=C(c1ccccc1)c1ccccc1.CCOC(=O)CN=C(c1ccccc1)c1ccccc1. The second-order valence-corrected chi connectivity index (χ2v) is 15.1. The molecule has 0 heterocycles. The molecule has 1 unspecified atom stereocenters.